The summed E-state index contributed by atoms with van der Waals surface area (Å²) in [5, 5.41) is 30.5. The van der Waals surface area contributed by atoms with Crippen LogP contribution < -0.4 is 0 Å². The van der Waals surface area contributed by atoms with Crippen LogP contribution in [0.25, 0.3) is 6.08 Å². The van der Waals surface area contributed by atoms with Gasteiger partial charge in [-0.15, -0.1) is 0 Å². The van der Waals surface area contributed by atoms with Gasteiger partial charge in [0.2, 0.25) is 0 Å². The third-order valence-electron chi connectivity index (χ3n) is 5.06. The van der Waals surface area contributed by atoms with E-state index in [1.54, 1.807) is 42.5 Å². The van der Waals surface area contributed by atoms with E-state index in [4.69, 9.17) is 0 Å². The fraction of sp³-hybridized carbons (Fsp3) is 0.238. The Labute approximate surface area is 146 Å². The lowest BCUT2D eigenvalue weighted by molar-refractivity contribution is -0.0606. The number of carboxylic acids is 1. The summed E-state index contributed by atoms with van der Waals surface area (Å²) in [5.74, 6) is -1.03. The highest BCUT2D eigenvalue weighted by Gasteiger charge is 2.54. The van der Waals surface area contributed by atoms with Crippen molar-refractivity contribution < 1.29 is 15.0 Å². The van der Waals surface area contributed by atoms with Gasteiger partial charge in [0.15, 0.2) is 0 Å². The number of nitriles is 1. The van der Waals surface area contributed by atoms with E-state index in [1.807, 2.05) is 18.2 Å². The van der Waals surface area contributed by atoms with Gasteiger partial charge in [0.1, 0.15) is 5.60 Å². The van der Waals surface area contributed by atoms with Crippen molar-refractivity contribution in [2.24, 2.45) is 5.41 Å². The normalized spacial score (nSPS) is 18.1. The highest BCUT2D eigenvalue weighted by molar-refractivity contribution is 5.92. The lowest BCUT2D eigenvalue weighted by Gasteiger charge is -2.47. The molecule has 2 N–H and O–H groups in total. The molecule has 0 radical (unpaired) electrons. The summed E-state index contributed by atoms with van der Waals surface area (Å²) in [5.41, 5.74) is -1.05. The quantitative estimate of drug-likeness (QED) is 0.867. The molecular weight excluding hydrogens is 314 g/mol. The molecule has 1 atom stereocenters. The summed E-state index contributed by atoms with van der Waals surface area (Å²) in [6.45, 7) is 0. The summed E-state index contributed by atoms with van der Waals surface area (Å²) in [6, 6.07) is 18.0. The molecule has 0 saturated heterocycles. The number of carboxylic acid groups (broad SMARTS) is 1. The van der Waals surface area contributed by atoms with Crippen LogP contribution in [0.15, 0.2) is 60.7 Å². The Balaban J connectivity index is 2.09. The lowest BCUT2D eigenvalue weighted by Crippen LogP contribution is -2.48. The number of rotatable bonds is 5. The van der Waals surface area contributed by atoms with Crippen LogP contribution >= 0.6 is 0 Å². The Morgan fingerprint density at radius 1 is 1.12 bits per heavy atom. The molecule has 1 aliphatic carbocycles. The summed E-state index contributed by atoms with van der Waals surface area (Å²) < 4.78 is 0. The van der Waals surface area contributed by atoms with E-state index >= 15 is 0 Å². The Morgan fingerprint density at radius 3 is 2.32 bits per heavy atom. The highest BCUT2D eigenvalue weighted by Crippen LogP contribution is 2.54. The Kier molecular flexibility index (Phi) is 4.43. The first kappa shape index (κ1) is 16.9. The number of nitrogens with zero attached hydrogens (tertiary/aromatic N) is 1. The van der Waals surface area contributed by atoms with Crippen LogP contribution in [0.2, 0.25) is 0 Å². The second kappa shape index (κ2) is 6.54. The molecule has 4 nitrogen and oxygen atoms in total. The van der Waals surface area contributed by atoms with Gasteiger partial charge in [0.05, 0.1) is 17.0 Å². The van der Waals surface area contributed by atoms with Gasteiger partial charge in [-0.25, -0.2) is 4.79 Å². The van der Waals surface area contributed by atoms with E-state index in [9.17, 15) is 20.3 Å². The van der Waals surface area contributed by atoms with Crippen molar-refractivity contribution in [1.29, 1.82) is 5.26 Å². The van der Waals surface area contributed by atoms with Crippen LogP contribution in [-0.4, -0.2) is 16.2 Å². The van der Waals surface area contributed by atoms with Crippen molar-refractivity contribution in [1.82, 2.24) is 0 Å². The Morgan fingerprint density at radius 2 is 1.76 bits per heavy atom. The Bertz CT molecular complexity index is 847. The monoisotopic (exact) mass is 333 g/mol. The van der Waals surface area contributed by atoms with Crippen molar-refractivity contribution in [3.8, 4) is 6.07 Å². The molecule has 0 bridgehead atoms. The molecule has 0 spiro atoms. The number of aliphatic hydroxyl groups is 1. The first-order valence-corrected chi connectivity index (χ1v) is 8.23. The number of carbonyl (C=O) groups is 1. The van der Waals surface area contributed by atoms with Gasteiger partial charge in [-0.1, -0.05) is 54.6 Å². The third-order valence-corrected chi connectivity index (χ3v) is 5.06. The molecular formula is C21H19NO3. The van der Waals surface area contributed by atoms with Gasteiger partial charge in [0.25, 0.3) is 0 Å². The summed E-state index contributed by atoms with van der Waals surface area (Å²) in [6.07, 6.45) is 5.29. The summed E-state index contributed by atoms with van der Waals surface area (Å²) in [7, 11) is 0. The molecule has 0 unspecified atom stereocenters. The second-order valence-electron chi connectivity index (χ2n) is 6.41. The summed E-state index contributed by atoms with van der Waals surface area (Å²) in [4.78, 5) is 11.4. The van der Waals surface area contributed by atoms with Crippen LogP contribution in [0.3, 0.4) is 0 Å². The summed E-state index contributed by atoms with van der Waals surface area (Å²) >= 11 is 0. The van der Waals surface area contributed by atoms with E-state index in [1.165, 1.54) is 6.07 Å². The van der Waals surface area contributed by atoms with Crippen molar-refractivity contribution in [3.63, 3.8) is 0 Å². The maximum Gasteiger partial charge on any atom is 0.336 e. The standard InChI is InChI=1S/C21H19NO3/c22-15-20(12-6-13-20)21(25,17-8-2-1-3-9-17)14-11-16-7-4-5-10-18(16)19(23)24/h1-5,7-11,14,25H,6,12-13H2,(H,23,24)/b14-11+/t21-/m1/s1. The lowest BCUT2D eigenvalue weighted by atomic mass is 9.57. The van der Waals surface area contributed by atoms with E-state index < -0.39 is 17.0 Å². The molecule has 0 heterocycles. The molecule has 0 aromatic heterocycles. The number of hydrogen-bond donors (Lipinski definition) is 2. The van der Waals surface area contributed by atoms with Crippen LogP contribution in [-0.2, 0) is 5.60 Å². The molecule has 126 valence electrons. The Hall–Kier alpha value is -2.90. The van der Waals surface area contributed by atoms with E-state index in [0.29, 0.717) is 24.0 Å². The number of benzene rings is 2. The largest absolute Gasteiger partial charge is 0.478 e. The second-order valence-corrected chi connectivity index (χ2v) is 6.41. The van der Waals surface area contributed by atoms with Crippen molar-refractivity contribution in [3.05, 3.63) is 77.4 Å². The SMILES string of the molecule is N#CC1([C@@](O)(/C=C/c2ccccc2C(=O)O)c2ccccc2)CCC1. The van der Waals surface area contributed by atoms with Gasteiger partial charge in [0, 0.05) is 0 Å². The van der Waals surface area contributed by atoms with Crippen molar-refractivity contribution >= 4 is 12.0 Å². The molecule has 2 aromatic rings. The van der Waals surface area contributed by atoms with Crippen LogP contribution in [0, 0.1) is 16.7 Å². The zero-order chi connectivity index (χ0) is 17.9. The van der Waals surface area contributed by atoms with E-state index in [-0.39, 0.29) is 5.56 Å². The molecule has 4 heteroatoms. The highest BCUT2D eigenvalue weighted by atomic mass is 16.4. The fourth-order valence-corrected chi connectivity index (χ4v) is 3.38. The molecule has 1 saturated carbocycles. The number of hydrogen-bond acceptors (Lipinski definition) is 3. The minimum atomic E-state index is -1.47. The average Bonchev–Trinajstić information content (AvgIpc) is 2.60. The molecule has 1 aliphatic rings. The smallest absolute Gasteiger partial charge is 0.336 e. The average molecular weight is 333 g/mol. The van der Waals surface area contributed by atoms with Gasteiger partial charge in [-0.3, -0.25) is 0 Å². The van der Waals surface area contributed by atoms with E-state index in [0.717, 1.165) is 6.42 Å². The van der Waals surface area contributed by atoms with Gasteiger partial charge in [-0.05, 0) is 42.5 Å². The minimum Gasteiger partial charge on any atom is -0.478 e. The molecule has 3 rings (SSSR count). The predicted molar refractivity (Wildman–Crippen MR) is 94.7 cm³/mol. The van der Waals surface area contributed by atoms with Gasteiger partial charge < -0.3 is 10.2 Å². The maximum absolute atomic E-state index is 11.5. The molecule has 0 amide bonds. The zero-order valence-electron chi connectivity index (χ0n) is 13.7. The van der Waals surface area contributed by atoms with Gasteiger partial charge in [-0.2, -0.15) is 5.26 Å². The molecule has 25 heavy (non-hydrogen) atoms. The van der Waals surface area contributed by atoms with Crippen LogP contribution in [0.4, 0.5) is 0 Å². The van der Waals surface area contributed by atoms with Gasteiger partial charge >= 0.3 is 5.97 Å². The minimum absolute atomic E-state index is 0.161. The first-order valence-electron chi connectivity index (χ1n) is 8.23. The molecule has 1 fully saturated rings. The first-order chi connectivity index (χ1) is 12.0. The van der Waals surface area contributed by atoms with E-state index in [2.05, 4.69) is 6.07 Å². The molecule has 2 aromatic carbocycles. The fourth-order valence-electron chi connectivity index (χ4n) is 3.38. The zero-order valence-corrected chi connectivity index (χ0v) is 13.7. The van der Waals surface area contributed by atoms with Crippen LogP contribution in [0.1, 0.15) is 40.7 Å². The third kappa shape index (κ3) is 2.84. The van der Waals surface area contributed by atoms with Crippen molar-refractivity contribution in [2.45, 2.75) is 24.9 Å². The maximum atomic E-state index is 11.5. The predicted octanol–water partition coefficient (Wildman–Crippen LogP) is 3.98. The molecule has 0 aliphatic heterocycles. The van der Waals surface area contributed by atoms with Crippen LogP contribution in [0.5, 0.6) is 0 Å². The topological polar surface area (TPSA) is 81.3 Å². The van der Waals surface area contributed by atoms with Crippen molar-refractivity contribution in [2.75, 3.05) is 0 Å². The number of aromatic carboxylic acids is 1.